The molecule has 0 unspecified atom stereocenters. The van der Waals surface area contributed by atoms with Gasteiger partial charge in [-0.1, -0.05) is 164 Å². The predicted octanol–water partition coefficient (Wildman–Crippen LogP) is 13.0. The van der Waals surface area contributed by atoms with Gasteiger partial charge in [-0.25, -0.2) is 0 Å². The van der Waals surface area contributed by atoms with Gasteiger partial charge in [-0.3, -0.25) is 0 Å². The van der Waals surface area contributed by atoms with Crippen molar-refractivity contribution in [3.8, 4) is 44.5 Å². The third-order valence-electron chi connectivity index (χ3n) is 9.42. The summed E-state index contributed by atoms with van der Waals surface area (Å²) in [6, 6.07) is 66.5. The van der Waals surface area contributed by atoms with Crippen molar-refractivity contribution in [3.63, 3.8) is 0 Å². The molecule has 0 heterocycles. The first-order valence-electron chi connectivity index (χ1n) is 15.9. The highest BCUT2D eigenvalue weighted by atomic mass is 14.2. The van der Waals surface area contributed by atoms with Gasteiger partial charge in [0.25, 0.3) is 0 Å². The Balaban J connectivity index is 1.31. The quantitative estimate of drug-likeness (QED) is 0.143. The van der Waals surface area contributed by atoms with Crippen molar-refractivity contribution >= 4 is 43.1 Å². The van der Waals surface area contributed by atoms with Crippen LogP contribution in [0, 0.1) is 0 Å². The average molecular weight is 583 g/mol. The summed E-state index contributed by atoms with van der Waals surface area (Å²) in [4.78, 5) is 0. The minimum Gasteiger partial charge on any atom is -0.0622 e. The summed E-state index contributed by atoms with van der Waals surface area (Å²) in [5, 5.41) is 10.2. The molecule has 0 spiro atoms. The summed E-state index contributed by atoms with van der Waals surface area (Å²) in [6.45, 7) is 0. The van der Waals surface area contributed by atoms with E-state index >= 15 is 0 Å². The van der Waals surface area contributed by atoms with Gasteiger partial charge in [-0.05, 0) is 106 Å². The van der Waals surface area contributed by atoms with E-state index in [0.717, 1.165) is 0 Å². The lowest BCUT2D eigenvalue weighted by molar-refractivity contribution is 1.61. The molecule has 46 heavy (non-hydrogen) atoms. The van der Waals surface area contributed by atoms with E-state index in [9.17, 15) is 0 Å². The van der Waals surface area contributed by atoms with Crippen LogP contribution in [-0.4, -0.2) is 0 Å². The van der Waals surface area contributed by atoms with Crippen LogP contribution in [0.25, 0.3) is 87.6 Å². The summed E-state index contributed by atoms with van der Waals surface area (Å²) >= 11 is 0. The van der Waals surface area contributed by atoms with Gasteiger partial charge < -0.3 is 0 Å². The predicted molar refractivity (Wildman–Crippen MR) is 198 cm³/mol. The molecule has 0 saturated heterocycles. The number of hydrogen-bond donors (Lipinski definition) is 0. The Kier molecular flexibility index (Phi) is 6.25. The molecule has 9 rings (SSSR count). The van der Waals surface area contributed by atoms with Crippen molar-refractivity contribution in [1.29, 1.82) is 0 Å². The molecule has 9 aromatic rings. The van der Waals surface area contributed by atoms with Gasteiger partial charge in [0.1, 0.15) is 0 Å². The maximum atomic E-state index is 2.41. The highest BCUT2D eigenvalue weighted by Gasteiger charge is 2.18. The van der Waals surface area contributed by atoms with Gasteiger partial charge >= 0.3 is 0 Å². The van der Waals surface area contributed by atoms with Crippen LogP contribution in [-0.2, 0) is 0 Å². The zero-order valence-corrected chi connectivity index (χ0v) is 25.3. The van der Waals surface area contributed by atoms with Gasteiger partial charge in [0.2, 0.25) is 0 Å². The first kappa shape index (κ1) is 26.4. The van der Waals surface area contributed by atoms with Crippen molar-refractivity contribution in [2.45, 2.75) is 0 Å². The first-order chi connectivity index (χ1) is 22.8. The summed E-state index contributed by atoms with van der Waals surface area (Å²) in [7, 11) is 0. The highest BCUT2D eigenvalue weighted by molar-refractivity contribution is 6.23. The second kappa shape index (κ2) is 10.9. The topological polar surface area (TPSA) is 0 Å². The van der Waals surface area contributed by atoms with E-state index in [0.29, 0.717) is 0 Å². The van der Waals surface area contributed by atoms with E-state index < -0.39 is 0 Å². The molecule has 0 aliphatic carbocycles. The van der Waals surface area contributed by atoms with Gasteiger partial charge in [-0.2, -0.15) is 0 Å². The smallest absolute Gasteiger partial charge is 0.00261 e. The Hall–Kier alpha value is -5.98. The maximum Gasteiger partial charge on any atom is -0.00261 e. The van der Waals surface area contributed by atoms with Crippen LogP contribution in [0.15, 0.2) is 182 Å². The number of benzene rings is 9. The molecule has 9 aromatic carbocycles. The van der Waals surface area contributed by atoms with Crippen LogP contribution in [0.4, 0.5) is 0 Å². The molecule has 0 aliphatic heterocycles. The molecule has 0 aromatic heterocycles. The maximum absolute atomic E-state index is 2.41. The molecule has 0 aliphatic rings. The fraction of sp³-hybridized carbons (Fsp3) is 0. The van der Waals surface area contributed by atoms with Crippen molar-refractivity contribution in [3.05, 3.63) is 182 Å². The van der Waals surface area contributed by atoms with Crippen molar-refractivity contribution < 1.29 is 0 Å². The number of hydrogen-bond acceptors (Lipinski definition) is 0. The molecular formula is C46H30. The van der Waals surface area contributed by atoms with Crippen molar-refractivity contribution in [2.75, 3.05) is 0 Å². The largest absolute Gasteiger partial charge is 0.0622 e. The number of fused-ring (bicyclic) bond motifs is 5. The molecule has 0 radical (unpaired) electrons. The lowest BCUT2D eigenvalue weighted by Gasteiger charge is -2.19. The molecule has 0 fully saturated rings. The molecule has 0 nitrogen and oxygen atoms in total. The zero-order chi connectivity index (χ0) is 30.5. The third kappa shape index (κ3) is 4.30. The van der Waals surface area contributed by atoms with E-state index in [1.54, 1.807) is 0 Å². The Morgan fingerprint density at radius 2 is 0.674 bits per heavy atom. The Morgan fingerprint density at radius 1 is 0.217 bits per heavy atom. The average Bonchev–Trinajstić information content (AvgIpc) is 3.14. The van der Waals surface area contributed by atoms with E-state index in [2.05, 4.69) is 182 Å². The van der Waals surface area contributed by atoms with Gasteiger partial charge in [0.15, 0.2) is 0 Å². The minimum atomic E-state index is 1.23. The van der Waals surface area contributed by atoms with Crippen LogP contribution < -0.4 is 0 Å². The van der Waals surface area contributed by atoms with Crippen molar-refractivity contribution in [1.82, 2.24) is 0 Å². The Bertz CT molecular complexity index is 2500. The highest BCUT2D eigenvalue weighted by Crippen LogP contribution is 2.45. The van der Waals surface area contributed by atoms with Gasteiger partial charge in [-0.15, -0.1) is 0 Å². The molecular weight excluding hydrogens is 553 g/mol. The molecule has 214 valence electrons. The first-order valence-corrected chi connectivity index (χ1v) is 15.9. The van der Waals surface area contributed by atoms with Gasteiger partial charge in [0, 0.05) is 0 Å². The summed E-state index contributed by atoms with van der Waals surface area (Å²) in [6.07, 6.45) is 0. The minimum absolute atomic E-state index is 1.23. The van der Waals surface area contributed by atoms with E-state index in [1.807, 2.05) is 0 Å². The fourth-order valence-electron chi connectivity index (χ4n) is 7.35. The molecule has 0 heteroatoms. The number of rotatable bonds is 4. The van der Waals surface area contributed by atoms with Crippen LogP contribution in [0.3, 0.4) is 0 Å². The monoisotopic (exact) mass is 582 g/mol. The Morgan fingerprint density at radius 3 is 1.28 bits per heavy atom. The summed E-state index contributed by atoms with van der Waals surface area (Å²) in [5.74, 6) is 0. The van der Waals surface area contributed by atoms with Crippen molar-refractivity contribution in [2.24, 2.45) is 0 Å². The third-order valence-corrected chi connectivity index (χ3v) is 9.42. The standard InChI is InChI=1S/C46H30/c1-3-14-31(15-4-1)33-18-13-19-35(28-33)45-39-22-9-11-24-41(39)46(42-25-12-10-23-40(42)45)36-27-26-34-29-43(32-16-5-2-6-17-32)37-20-7-8-21-38(37)44(34)30-36/h1-30H. The van der Waals surface area contributed by atoms with Crippen LogP contribution in [0.5, 0.6) is 0 Å². The lowest BCUT2D eigenvalue weighted by Crippen LogP contribution is -1.92. The molecule has 0 atom stereocenters. The van der Waals surface area contributed by atoms with E-state index in [4.69, 9.17) is 0 Å². The van der Waals surface area contributed by atoms with Gasteiger partial charge in [0.05, 0.1) is 0 Å². The SMILES string of the molecule is c1ccc(-c2cccc(-c3c4ccccc4c(-c4ccc5cc(-c6ccccc6)c6ccccc6c5c4)c4ccccc34)c2)cc1. The van der Waals surface area contributed by atoms with E-state index in [-0.39, 0.29) is 0 Å². The summed E-state index contributed by atoms with van der Waals surface area (Å²) < 4.78 is 0. The van der Waals surface area contributed by atoms with Crippen LogP contribution >= 0.6 is 0 Å². The lowest BCUT2D eigenvalue weighted by atomic mass is 9.84. The molecule has 0 amide bonds. The normalized spacial score (nSPS) is 11.5. The Labute approximate surface area is 268 Å². The molecule has 0 saturated carbocycles. The zero-order valence-electron chi connectivity index (χ0n) is 25.3. The second-order valence-electron chi connectivity index (χ2n) is 12.1. The molecule has 0 N–H and O–H groups in total. The molecule has 0 bridgehead atoms. The summed E-state index contributed by atoms with van der Waals surface area (Å²) in [5.41, 5.74) is 10.0. The van der Waals surface area contributed by atoms with Crippen LogP contribution in [0.1, 0.15) is 0 Å². The van der Waals surface area contributed by atoms with E-state index in [1.165, 1.54) is 87.6 Å². The fourth-order valence-corrected chi connectivity index (χ4v) is 7.35. The second-order valence-corrected chi connectivity index (χ2v) is 12.1. The van der Waals surface area contributed by atoms with Crippen LogP contribution in [0.2, 0.25) is 0 Å².